The van der Waals surface area contributed by atoms with Gasteiger partial charge in [-0.05, 0) is 24.3 Å². The molecule has 0 fully saturated rings. The predicted octanol–water partition coefficient (Wildman–Crippen LogP) is 1.52. The lowest BCUT2D eigenvalue weighted by Gasteiger charge is -2.10. The summed E-state index contributed by atoms with van der Waals surface area (Å²) in [7, 11) is 0. The summed E-state index contributed by atoms with van der Waals surface area (Å²) in [6.07, 6.45) is 1.32. The Hall–Kier alpha value is -3.14. The number of carbonyl (C=O) groups is 1. The van der Waals surface area contributed by atoms with Gasteiger partial charge in [0.15, 0.2) is 0 Å². The van der Waals surface area contributed by atoms with Crippen LogP contribution in [0.25, 0.3) is 0 Å². The highest BCUT2D eigenvalue weighted by molar-refractivity contribution is 5.99. The molecule has 0 bridgehead atoms. The number of nitrogens with two attached hydrogens (primary N) is 2. The zero-order chi connectivity index (χ0) is 14.7. The fraction of sp³-hybridized carbons (Fsp3) is 0. The molecule has 1 heterocycles. The summed E-state index contributed by atoms with van der Waals surface area (Å²) < 4.78 is 13.8. The first-order valence-electron chi connectivity index (χ1n) is 5.53. The Kier molecular flexibility index (Phi) is 3.48. The largest absolute Gasteiger partial charge is 0.397 e. The van der Waals surface area contributed by atoms with E-state index in [2.05, 4.69) is 10.3 Å². The molecule has 2 aromatic rings. The Labute approximate surface area is 113 Å². The number of benzene rings is 1. The van der Waals surface area contributed by atoms with E-state index in [1.165, 1.54) is 24.4 Å². The molecule has 0 radical (unpaired) electrons. The molecule has 1 aromatic carbocycles. The fourth-order valence-electron chi connectivity index (χ4n) is 1.58. The number of pyridine rings is 1. The third kappa shape index (κ3) is 2.64. The normalized spacial score (nSPS) is 9.80. The molecule has 0 spiro atoms. The van der Waals surface area contributed by atoms with Gasteiger partial charge in [-0.3, -0.25) is 4.79 Å². The van der Waals surface area contributed by atoms with Gasteiger partial charge in [0.25, 0.3) is 5.91 Å². The summed E-state index contributed by atoms with van der Waals surface area (Å²) in [6, 6.07) is 7.05. The second-order valence-electron chi connectivity index (χ2n) is 3.96. The van der Waals surface area contributed by atoms with Gasteiger partial charge in [0, 0.05) is 0 Å². The number of anilines is 3. The minimum Gasteiger partial charge on any atom is -0.397 e. The highest BCUT2D eigenvalue weighted by Crippen LogP contribution is 2.23. The molecule has 0 aliphatic rings. The Morgan fingerprint density at radius 2 is 2.15 bits per heavy atom. The number of hydrogen-bond donors (Lipinski definition) is 3. The van der Waals surface area contributed by atoms with Crippen molar-refractivity contribution in [1.82, 2.24) is 4.98 Å². The van der Waals surface area contributed by atoms with E-state index in [0.29, 0.717) is 0 Å². The summed E-state index contributed by atoms with van der Waals surface area (Å²) in [4.78, 5) is 15.2. The van der Waals surface area contributed by atoms with Crippen LogP contribution in [-0.4, -0.2) is 10.9 Å². The lowest BCUT2D eigenvalue weighted by atomic mass is 10.2. The molecule has 7 heteroatoms. The van der Waals surface area contributed by atoms with Crippen molar-refractivity contribution in [3.8, 4) is 6.07 Å². The van der Waals surface area contributed by atoms with Gasteiger partial charge in [0.2, 0.25) is 0 Å². The number of carbonyl (C=O) groups excluding carboxylic acids is 1. The Balaban J connectivity index is 2.40. The van der Waals surface area contributed by atoms with Crippen molar-refractivity contribution in [1.29, 1.82) is 5.26 Å². The second kappa shape index (κ2) is 5.24. The van der Waals surface area contributed by atoms with E-state index in [-0.39, 0.29) is 28.3 Å². The van der Waals surface area contributed by atoms with Crippen LogP contribution in [0.1, 0.15) is 15.9 Å². The van der Waals surface area contributed by atoms with Crippen molar-refractivity contribution in [2.75, 3.05) is 11.1 Å². The van der Waals surface area contributed by atoms with Crippen LogP contribution in [0.4, 0.5) is 21.6 Å². The molecule has 2 rings (SSSR count). The predicted molar refractivity (Wildman–Crippen MR) is 71.6 cm³/mol. The first-order valence-corrected chi connectivity index (χ1v) is 5.53. The molecule has 100 valence electrons. The van der Waals surface area contributed by atoms with Crippen molar-refractivity contribution < 1.29 is 9.18 Å². The van der Waals surface area contributed by atoms with E-state index in [1.54, 1.807) is 0 Å². The van der Waals surface area contributed by atoms with Crippen LogP contribution in [0.3, 0.4) is 0 Å². The van der Waals surface area contributed by atoms with E-state index < -0.39 is 11.7 Å². The van der Waals surface area contributed by atoms with Crippen LogP contribution in [0.2, 0.25) is 0 Å². The van der Waals surface area contributed by atoms with Gasteiger partial charge in [-0.1, -0.05) is 0 Å². The van der Waals surface area contributed by atoms with Crippen LogP contribution in [0.5, 0.6) is 0 Å². The maximum Gasteiger partial charge on any atom is 0.252 e. The number of rotatable bonds is 3. The van der Waals surface area contributed by atoms with Gasteiger partial charge in [-0.15, -0.1) is 0 Å². The molecule has 0 aliphatic carbocycles. The standard InChI is InChI=1S/C13H10FN5O/c14-10-3-7(5-15)1-2-11(10)19-13-9(12(17)20)4-8(16)6-18-13/h1-4,6H,16H2,(H2,17,20)(H,18,19). The number of halogens is 1. The molecular weight excluding hydrogens is 261 g/mol. The summed E-state index contributed by atoms with van der Waals surface area (Å²) in [6.45, 7) is 0. The van der Waals surface area contributed by atoms with Crippen LogP contribution in [-0.2, 0) is 0 Å². The van der Waals surface area contributed by atoms with Crippen molar-refractivity contribution in [2.24, 2.45) is 5.73 Å². The molecule has 0 unspecified atom stereocenters. The number of nitrogens with zero attached hydrogens (tertiary/aromatic N) is 2. The van der Waals surface area contributed by atoms with Gasteiger partial charge in [0.1, 0.15) is 11.6 Å². The number of amides is 1. The number of nitrogens with one attached hydrogen (secondary N) is 1. The summed E-state index contributed by atoms with van der Waals surface area (Å²) >= 11 is 0. The third-order valence-corrected chi connectivity index (χ3v) is 2.53. The molecule has 5 N–H and O–H groups in total. The van der Waals surface area contributed by atoms with Gasteiger partial charge < -0.3 is 16.8 Å². The fourth-order valence-corrected chi connectivity index (χ4v) is 1.58. The topological polar surface area (TPSA) is 118 Å². The molecule has 20 heavy (non-hydrogen) atoms. The number of nitrogen functional groups attached to an aromatic ring is 1. The minimum atomic E-state index is -0.735. The van der Waals surface area contributed by atoms with Crippen molar-refractivity contribution in [3.63, 3.8) is 0 Å². The summed E-state index contributed by atoms with van der Waals surface area (Å²) in [5, 5.41) is 11.3. The Morgan fingerprint density at radius 3 is 2.75 bits per heavy atom. The molecule has 6 nitrogen and oxygen atoms in total. The van der Waals surface area contributed by atoms with Crippen LogP contribution >= 0.6 is 0 Å². The lowest BCUT2D eigenvalue weighted by Crippen LogP contribution is -2.15. The van der Waals surface area contributed by atoms with Crippen LogP contribution < -0.4 is 16.8 Å². The van der Waals surface area contributed by atoms with Gasteiger partial charge in [-0.2, -0.15) is 5.26 Å². The average molecular weight is 271 g/mol. The van der Waals surface area contributed by atoms with Gasteiger partial charge in [-0.25, -0.2) is 9.37 Å². The maximum atomic E-state index is 13.8. The SMILES string of the molecule is N#Cc1ccc(Nc2ncc(N)cc2C(N)=O)c(F)c1. The van der Waals surface area contributed by atoms with Crippen molar-refractivity contribution in [3.05, 3.63) is 47.4 Å². The average Bonchev–Trinajstić information content (AvgIpc) is 2.42. The molecule has 1 amide bonds. The van der Waals surface area contributed by atoms with E-state index in [9.17, 15) is 9.18 Å². The first kappa shape index (κ1) is 13.3. The molecule has 1 aromatic heterocycles. The highest BCUT2D eigenvalue weighted by atomic mass is 19.1. The van der Waals surface area contributed by atoms with E-state index in [4.69, 9.17) is 16.7 Å². The van der Waals surface area contributed by atoms with E-state index in [0.717, 1.165) is 6.07 Å². The van der Waals surface area contributed by atoms with Crippen LogP contribution in [0.15, 0.2) is 30.5 Å². The molecule has 0 aliphatic heterocycles. The Bertz CT molecular complexity index is 723. The van der Waals surface area contributed by atoms with Gasteiger partial charge >= 0.3 is 0 Å². The number of hydrogen-bond acceptors (Lipinski definition) is 5. The molecule has 0 saturated carbocycles. The number of aromatic nitrogens is 1. The molecule has 0 atom stereocenters. The van der Waals surface area contributed by atoms with E-state index in [1.807, 2.05) is 6.07 Å². The van der Waals surface area contributed by atoms with E-state index >= 15 is 0 Å². The first-order chi connectivity index (χ1) is 9.51. The monoisotopic (exact) mass is 271 g/mol. The zero-order valence-electron chi connectivity index (χ0n) is 10.2. The highest BCUT2D eigenvalue weighted by Gasteiger charge is 2.12. The van der Waals surface area contributed by atoms with Crippen molar-refractivity contribution in [2.45, 2.75) is 0 Å². The van der Waals surface area contributed by atoms with Gasteiger partial charge in [0.05, 0.1) is 34.8 Å². The molecule has 0 saturated heterocycles. The Morgan fingerprint density at radius 1 is 1.40 bits per heavy atom. The summed E-state index contributed by atoms with van der Waals surface area (Å²) in [5.74, 6) is -1.28. The number of primary amides is 1. The second-order valence-corrected chi connectivity index (χ2v) is 3.96. The minimum absolute atomic E-state index is 0.0498. The van der Waals surface area contributed by atoms with Crippen LogP contribution in [0, 0.1) is 17.1 Å². The maximum absolute atomic E-state index is 13.8. The third-order valence-electron chi connectivity index (χ3n) is 2.53. The van der Waals surface area contributed by atoms with Crippen molar-refractivity contribution >= 4 is 23.1 Å². The smallest absolute Gasteiger partial charge is 0.252 e. The molecular formula is C13H10FN5O. The lowest BCUT2D eigenvalue weighted by molar-refractivity contribution is 0.100. The summed E-state index contributed by atoms with van der Waals surface area (Å²) in [5.41, 5.74) is 11.3. The quantitative estimate of drug-likeness (QED) is 0.782. The number of nitriles is 1. The zero-order valence-corrected chi connectivity index (χ0v) is 10.2.